The molecular formula is C20H29N3O3. The first-order valence-corrected chi connectivity index (χ1v) is 8.64. The van der Waals surface area contributed by atoms with Crippen LogP contribution in [0.2, 0.25) is 0 Å². The maximum atomic E-state index is 12.3. The molecule has 142 valence electrons. The molecule has 0 heterocycles. The van der Waals surface area contributed by atoms with E-state index >= 15 is 0 Å². The standard InChI is InChI=1S/C20H29N3O3/c1-7-23(20(2,3)4)14-16(13-21)19(24)22-11-10-15-8-9-17(25-5)18(12-15)26-6/h8-9,12,14H,7,10-11H2,1-6H3,(H,22,24)/b16-14-. The quantitative estimate of drug-likeness (QED) is 0.571. The van der Waals surface area contributed by atoms with Crippen LogP contribution in [0.25, 0.3) is 0 Å². The third-order valence-corrected chi connectivity index (χ3v) is 4.00. The fourth-order valence-corrected chi connectivity index (χ4v) is 2.51. The molecule has 0 radical (unpaired) electrons. The first-order chi connectivity index (χ1) is 12.3. The average Bonchev–Trinajstić information content (AvgIpc) is 2.61. The lowest BCUT2D eigenvalue weighted by molar-refractivity contribution is -0.117. The number of nitrogens with one attached hydrogen (secondary N) is 1. The van der Waals surface area contributed by atoms with Crippen molar-refractivity contribution in [2.45, 2.75) is 39.7 Å². The number of nitrogens with zero attached hydrogens (tertiary/aromatic N) is 2. The van der Waals surface area contributed by atoms with E-state index < -0.39 is 0 Å². The monoisotopic (exact) mass is 359 g/mol. The third-order valence-electron chi connectivity index (χ3n) is 4.00. The van der Waals surface area contributed by atoms with E-state index in [-0.39, 0.29) is 17.0 Å². The summed E-state index contributed by atoms with van der Waals surface area (Å²) in [4.78, 5) is 14.3. The van der Waals surface area contributed by atoms with E-state index in [0.29, 0.717) is 31.0 Å². The van der Waals surface area contributed by atoms with Crippen LogP contribution in [0.15, 0.2) is 30.0 Å². The zero-order valence-electron chi connectivity index (χ0n) is 16.5. The highest BCUT2D eigenvalue weighted by Crippen LogP contribution is 2.27. The van der Waals surface area contributed by atoms with Crippen molar-refractivity contribution in [1.82, 2.24) is 10.2 Å². The highest BCUT2D eigenvalue weighted by molar-refractivity contribution is 5.97. The minimum Gasteiger partial charge on any atom is -0.493 e. The van der Waals surface area contributed by atoms with Crippen molar-refractivity contribution in [3.63, 3.8) is 0 Å². The maximum Gasteiger partial charge on any atom is 0.263 e. The van der Waals surface area contributed by atoms with Crippen LogP contribution in [0.5, 0.6) is 11.5 Å². The normalized spacial score (nSPS) is 11.5. The molecule has 0 aliphatic carbocycles. The first kappa shape index (κ1) is 21.4. The van der Waals surface area contributed by atoms with Gasteiger partial charge in [-0.25, -0.2) is 0 Å². The van der Waals surface area contributed by atoms with Crippen LogP contribution in [0, 0.1) is 11.3 Å². The molecule has 0 spiro atoms. The van der Waals surface area contributed by atoms with Crippen LogP contribution in [0.1, 0.15) is 33.3 Å². The van der Waals surface area contributed by atoms with Crippen molar-refractivity contribution >= 4 is 5.91 Å². The van der Waals surface area contributed by atoms with Crippen molar-refractivity contribution in [2.24, 2.45) is 0 Å². The van der Waals surface area contributed by atoms with Gasteiger partial charge in [0, 0.05) is 24.8 Å². The van der Waals surface area contributed by atoms with E-state index in [1.165, 1.54) is 0 Å². The largest absolute Gasteiger partial charge is 0.493 e. The Morgan fingerprint density at radius 3 is 2.42 bits per heavy atom. The number of nitriles is 1. The second kappa shape index (κ2) is 9.71. The second-order valence-corrected chi connectivity index (χ2v) is 6.81. The number of benzene rings is 1. The van der Waals surface area contributed by atoms with Crippen molar-refractivity contribution in [3.05, 3.63) is 35.5 Å². The van der Waals surface area contributed by atoms with Gasteiger partial charge in [0.05, 0.1) is 14.2 Å². The Balaban J connectivity index is 2.72. The number of amides is 1. The van der Waals surface area contributed by atoms with Gasteiger partial charge < -0.3 is 19.7 Å². The lowest BCUT2D eigenvalue weighted by Crippen LogP contribution is -2.38. The Bertz CT molecular complexity index is 685. The van der Waals surface area contributed by atoms with Gasteiger partial charge in [-0.3, -0.25) is 4.79 Å². The molecule has 0 saturated carbocycles. The molecule has 1 amide bonds. The van der Waals surface area contributed by atoms with Crippen molar-refractivity contribution in [3.8, 4) is 17.6 Å². The summed E-state index contributed by atoms with van der Waals surface area (Å²) in [5, 5.41) is 12.1. The number of methoxy groups -OCH3 is 2. The lowest BCUT2D eigenvalue weighted by atomic mass is 10.1. The zero-order valence-corrected chi connectivity index (χ0v) is 16.5. The summed E-state index contributed by atoms with van der Waals surface area (Å²) >= 11 is 0. The summed E-state index contributed by atoms with van der Waals surface area (Å²) in [6, 6.07) is 7.63. The number of carbonyl (C=O) groups is 1. The Morgan fingerprint density at radius 2 is 1.92 bits per heavy atom. The lowest BCUT2D eigenvalue weighted by Gasteiger charge is -2.33. The fraction of sp³-hybridized carbons (Fsp3) is 0.500. The third kappa shape index (κ3) is 5.99. The van der Waals surface area contributed by atoms with Crippen LogP contribution in [-0.2, 0) is 11.2 Å². The topological polar surface area (TPSA) is 74.6 Å². The summed E-state index contributed by atoms with van der Waals surface area (Å²) in [6.45, 7) is 9.25. The van der Waals surface area contributed by atoms with Crippen molar-refractivity contribution in [1.29, 1.82) is 5.26 Å². The number of hydrogen-bond donors (Lipinski definition) is 1. The van der Waals surface area contributed by atoms with Gasteiger partial charge in [0.2, 0.25) is 0 Å². The van der Waals surface area contributed by atoms with Crippen molar-refractivity contribution < 1.29 is 14.3 Å². The van der Waals surface area contributed by atoms with Crippen LogP contribution in [0.4, 0.5) is 0 Å². The molecule has 6 nitrogen and oxygen atoms in total. The number of hydrogen-bond acceptors (Lipinski definition) is 5. The number of rotatable bonds is 8. The van der Waals surface area contributed by atoms with Gasteiger partial charge >= 0.3 is 0 Å². The molecule has 0 unspecified atom stereocenters. The van der Waals surface area contributed by atoms with Crippen LogP contribution >= 0.6 is 0 Å². The Labute approximate surface area is 156 Å². The van der Waals surface area contributed by atoms with Crippen molar-refractivity contribution in [2.75, 3.05) is 27.3 Å². The fourth-order valence-electron chi connectivity index (χ4n) is 2.51. The van der Waals surface area contributed by atoms with Crippen LogP contribution in [0.3, 0.4) is 0 Å². The Hall–Kier alpha value is -2.68. The predicted molar refractivity (Wildman–Crippen MR) is 102 cm³/mol. The summed E-state index contributed by atoms with van der Waals surface area (Å²) in [7, 11) is 3.17. The minimum atomic E-state index is -0.365. The maximum absolute atomic E-state index is 12.3. The zero-order chi connectivity index (χ0) is 19.7. The summed E-state index contributed by atoms with van der Waals surface area (Å²) in [5.74, 6) is 0.949. The molecule has 0 fully saturated rings. The summed E-state index contributed by atoms with van der Waals surface area (Å²) in [6.07, 6.45) is 2.26. The average molecular weight is 359 g/mol. The predicted octanol–water partition coefficient (Wildman–Crippen LogP) is 2.89. The molecule has 26 heavy (non-hydrogen) atoms. The molecule has 1 aromatic rings. The van der Waals surface area contributed by atoms with Gasteiger partial charge in [-0.2, -0.15) is 5.26 Å². The molecule has 0 aromatic heterocycles. The highest BCUT2D eigenvalue weighted by atomic mass is 16.5. The molecule has 0 aliphatic heterocycles. The number of carbonyl (C=O) groups excluding carboxylic acids is 1. The molecule has 1 rings (SSSR count). The van der Waals surface area contributed by atoms with E-state index in [9.17, 15) is 10.1 Å². The molecule has 0 atom stereocenters. The second-order valence-electron chi connectivity index (χ2n) is 6.81. The molecule has 0 aliphatic rings. The molecule has 1 N–H and O–H groups in total. The smallest absolute Gasteiger partial charge is 0.263 e. The molecule has 0 saturated heterocycles. The molecular weight excluding hydrogens is 330 g/mol. The molecule has 6 heteroatoms. The first-order valence-electron chi connectivity index (χ1n) is 8.64. The van der Waals surface area contributed by atoms with Gasteiger partial charge in [-0.15, -0.1) is 0 Å². The molecule has 1 aromatic carbocycles. The molecule has 0 bridgehead atoms. The summed E-state index contributed by atoms with van der Waals surface area (Å²) in [5.41, 5.74) is 0.959. The van der Waals surface area contributed by atoms with E-state index in [1.54, 1.807) is 20.4 Å². The van der Waals surface area contributed by atoms with Crippen LogP contribution in [-0.4, -0.2) is 43.7 Å². The number of ether oxygens (including phenoxy) is 2. The Morgan fingerprint density at radius 1 is 1.27 bits per heavy atom. The minimum absolute atomic E-state index is 0.106. The van der Waals surface area contributed by atoms with E-state index in [1.807, 2.05) is 56.9 Å². The van der Waals surface area contributed by atoms with E-state index in [4.69, 9.17) is 9.47 Å². The SMILES string of the molecule is CCN(/C=C(/C#N)C(=O)NCCc1ccc(OC)c(OC)c1)C(C)(C)C. The Kier molecular flexibility index (Phi) is 7.98. The summed E-state index contributed by atoms with van der Waals surface area (Å²) < 4.78 is 10.5. The highest BCUT2D eigenvalue weighted by Gasteiger charge is 2.19. The van der Waals surface area contributed by atoms with Gasteiger partial charge in [-0.05, 0) is 51.8 Å². The van der Waals surface area contributed by atoms with E-state index in [2.05, 4.69) is 5.32 Å². The van der Waals surface area contributed by atoms with Gasteiger partial charge in [0.1, 0.15) is 11.6 Å². The van der Waals surface area contributed by atoms with Gasteiger partial charge in [0.25, 0.3) is 5.91 Å². The van der Waals surface area contributed by atoms with Gasteiger partial charge in [-0.1, -0.05) is 6.07 Å². The van der Waals surface area contributed by atoms with Gasteiger partial charge in [0.15, 0.2) is 11.5 Å². The van der Waals surface area contributed by atoms with E-state index in [0.717, 1.165) is 5.56 Å². The van der Waals surface area contributed by atoms with Crippen LogP contribution < -0.4 is 14.8 Å².